The van der Waals surface area contributed by atoms with Crippen LogP contribution >= 0.6 is 0 Å². The van der Waals surface area contributed by atoms with Crippen LogP contribution in [0.3, 0.4) is 0 Å². The van der Waals surface area contributed by atoms with Crippen LogP contribution in [0.2, 0.25) is 0 Å². The van der Waals surface area contributed by atoms with Gasteiger partial charge in [0.05, 0.1) is 4.90 Å². The molecular weight excluding hydrogens is 292 g/mol. The van der Waals surface area contributed by atoms with Crippen LogP contribution in [0.1, 0.15) is 19.0 Å². The molecule has 0 spiro atoms. The number of primary sulfonamides is 1. The fraction of sp³-hybridized carbons (Fsp3) is 0.231. The van der Waals surface area contributed by atoms with Gasteiger partial charge in [-0.3, -0.25) is 9.78 Å². The summed E-state index contributed by atoms with van der Waals surface area (Å²) in [5.74, 6) is 0.314. The highest BCUT2D eigenvalue weighted by Gasteiger charge is 2.07. The van der Waals surface area contributed by atoms with Crippen LogP contribution in [0.4, 0.5) is 11.6 Å². The molecule has 4 N–H and O–H groups in total. The molecule has 112 valence electrons. The number of sulfonamides is 1. The summed E-state index contributed by atoms with van der Waals surface area (Å²) in [6, 6.07) is 7.31. The summed E-state index contributed by atoms with van der Waals surface area (Å²) < 4.78 is 22.3. The molecular formula is C13H16N4O3S. The van der Waals surface area contributed by atoms with Crippen molar-refractivity contribution < 1.29 is 8.42 Å². The van der Waals surface area contributed by atoms with Crippen molar-refractivity contribution in [3.8, 4) is 0 Å². The SMILES string of the molecule is CCCc1cc(=O)[nH]c(Nc2ccc(S(N)(=O)=O)cc2)n1. The minimum absolute atomic E-state index is 0.0224. The first-order chi connectivity index (χ1) is 9.88. The molecule has 1 aromatic carbocycles. The van der Waals surface area contributed by atoms with Gasteiger partial charge in [0.25, 0.3) is 5.56 Å². The Hall–Kier alpha value is -2.19. The van der Waals surface area contributed by atoms with E-state index in [1.54, 1.807) is 12.1 Å². The van der Waals surface area contributed by atoms with Crippen molar-refractivity contribution in [3.05, 3.63) is 46.4 Å². The first-order valence-corrected chi connectivity index (χ1v) is 7.93. The Morgan fingerprint density at radius 2 is 1.95 bits per heavy atom. The number of aromatic nitrogens is 2. The molecule has 2 rings (SSSR count). The van der Waals surface area contributed by atoms with Crippen LogP contribution in [0.15, 0.2) is 40.0 Å². The number of benzene rings is 1. The number of hydrogen-bond acceptors (Lipinski definition) is 5. The Kier molecular flexibility index (Phi) is 4.39. The normalized spacial score (nSPS) is 11.3. The highest BCUT2D eigenvalue weighted by Crippen LogP contribution is 2.15. The first-order valence-electron chi connectivity index (χ1n) is 6.38. The number of rotatable bonds is 5. The molecule has 1 heterocycles. The minimum atomic E-state index is -3.71. The second-order valence-electron chi connectivity index (χ2n) is 4.53. The summed E-state index contributed by atoms with van der Waals surface area (Å²) in [5, 5.41) is 7.94. The molecule has 0 bridgehead atoms. The van der Waals surface area contributed by atoms with Gasteiger partial charge < -0.3 is 5.32 Å². The van der Waals surface area contributed by atoms with E-state index in [4.69, 9.17) is 5.14 Å². The van der Waals surface area contributed by atoms with E-state index in [0.29, 0.717) is 23.8 Å². The summed E-state index contributed by atoms with van der Waals surface area (Å²) in [7, 11) is -3.71. The molecule has 0 saturated heterocycles. The molecule has 0 amide bonds. The van der Waals surface area contributed by atoms with Gasteiger partial charge in [0.15, 0.2) is 0 Å². The van der Waals surface area contributed by atoms with Gasteiger partial charge in [-0.05, 0) is 30.7 Å². The molecule has 0 aliphatic carbocycles. The molecule has 0 aliphatic rings. The van der Waals surface area contributed by atoms with E-state index in [1.165, 1.54) is 18.2 Å². The van der Waals surface area contributed by atoms with E-state index in [0.717, 1.165) is 6.42 Å². The molecule has 0 saturated carbocycles. The maximum Gasteiger partial charge on any atom is 0.252 e. The Bertz CT molecular complexity index is 782. The van der Waals surface area contributed by atoms with Gasteiger partial charge in [0.2, 0.25) is 16.0 Å². The van der Waals surface area contributed by atoms with Crippen molar-refractivity contribution in [2.75, 3.05) is 5.32 Å². The van der Waals surface area contributed by atoms with Crippen molar-refractivity contribution in [2.24, 2.45) is 5.14 Å². The van der Waals surface area contributed by atoms with Crippen molar-refractivity contribution in [3.63, 3.8) is 0 Å². The highest BCUT2D eigenvalue weighted by atomic mass is 32.2. The molecule has 0 aliphatic heterocycles. The summed E-state index contributed by atoms with van der Waals surface area (Å²) in [5.41, 5.74) is 1.06. The molecule has 8 heteroatoms. The van der Waals surface area contributed by atoms with Gasteiger partial charge in [-0.2, -0.15) is 0 Å². The molecule has 0 radical (unpaired) electrons. The third kappa shape index (κ3) is 4.14. The molecule has 21 heavy (non-hydrogen) atoms. The predicted octanol–water partition coefficient (Wildman–Crippen LogP) is 1.11. The van der Waals surface area contributed by atoms with Crippen LogP contribution in [-0.4, -0.2) is 18.4 Å². The lowest BCUT2D eigenvalue weighted by molar-refractivity contribution is 0.598. The van der Waals surface area contributed by atoms with Gasteiger partial charge in [-0.15, -0.1) is 0 Å². The molecule has 7 nitrogen and oxygen atoms in total. The third-order valence-electron chi connectivity index (χ3n) is 2.75. The number of nitrogens with two attached hydrogens (primary N) is 1. The Labute approximate surface area is 122 Å². The van der Waals surface area contributed by atoms with E-state index < -0.39 is 10.0 Å². The zero-order valence-corrected chi connectivity index (χ0v) is 12.3. The Balaban J connectivity index is 2.24. The fourth-order valence-corrected chi connectivity index (χ4v) is 2.33. The molecule has 0 atom stereocenters. The quantitative estimate of drug-likeness (QED) is 0.764. The van der Waals surface area contributed by atoms with Gasteiger partial charge in [0.1, 0.15) is 0 Å². The number of aromatic amines is 1. The topological polar surface area (TPSA) is 118 Å². The van der Waals surface area contributed by atoms with E-state index in [9.17, 15) is 13.2 Å². The molecule has 0 unspecified atom stereocenters. The smallest absolute Gasteiger partial charge is 0.252 e. The van der Waals surface area contributed by atoms with E-state index in [1.807, 2.05) is 6.92 Å². The molecule has 0 fully saturated rings. The van der Waals surface area contributed by atoms with Crippen LogP contribution in [-0.2, 0) is 16.4 Å². The summed E-state index contributed by atoms with van der Waals surface area (Å²) >= 11 is 0. The summed E-state index contributed by atoms with van der Waals surface area (Å²) in [4.78, 5) is 18.4. The zero-order valence-electron chi connectivity index (χ0n) is 11.5. The first kappa shape index (κ1) is 15.2. The maximum absolute atomic E-state index is 11.5. The van der Waals surface area contributed by atoms with Gasteiger partial charge >= 0.3 is 0 Å². The monoisotopic (exact) mass is 308 g/mol. The van der Waals surface area contributed by atoms with Crippen molar-refractivity contribution >= 4 is 21.7 Å². The van der Waals surface area contributed by atoms with Crippen LogP contribution in [0.5, 0.6) is 0 Å². The van der Waals surface area contributed by atoms with Gasteiger partial charge in [-0.1, -0.05) is 13.3 Å². The average molecular weight is 308 g/mol. The van der Waals surface area contributed by atoms with Gasteiger partial charge in [-0.25, -0.2) is 18.5 Å². The Morgan fingerprint density at radius 1 is 1.29 bits per heavy atom. The number of H-pyrrole nitrogens is 1. The number of nitrogens with one attached hydrogen (secondary N) is 2. The number of nitrogens with zero attached hydrogens (tertiary/aromatic N) is 1. The molecule has 2 aromatic rings. The standard InChI is InChI=1S/C13H16N4O3S/c1-2-3-10-8-12(18)17-13(16-10)15-9-4-6-11(7-5-9)21(14,19)20/h4-8H,2-3H2,1H3,(H2,14,19,20)(H2,15,16,17,18). The maximum atomic E-state index is 11.5. The molecule has 1 aromatic heterocycles. The second-order valence-corrected chi connectivity index (χ2v) is 6.09. The minimum Gasteiger partial charge on any atom is -0.326 e. The van der Waals surface area contributed by atoms with Crippen LogP contribution in [0, 0.1) is 0 Å². The van der Waals surface area contributed by atoms with E-state index >= 15 is 0 Å². The average Bonchev–Trinajstić information content (AvgIpc) is 2.38. The predicted molar refractivity (Wildman–Crippen MR) is 80.0 cm³/mol. The van der Waals surface area contributed by atoms with Crippen LogP contribution < -0.4 is 16.0 Å². The Morgan fingerprint density at radius 3 is 2.52 bits per heavy atom. The largest absolute Gasteiger partial charge is 0.326 e. The van der Waals surface area contributed by atoms with Crippen molar-refractivity contribution in [1.82, 2.24) is 9.97 Å². The summed E-state index contributed by atoms with van der Waals surface area (Å²) in [6.07, 6.45) is 1.60. The van der Waals surface area contributed by atoms with Crippen molar-refractivity contribution in [1.29, 1.82) is 0 Å². The van der Waals surface area contributed by atoms with Gasteiger partial charge in [0, 0.05) is 17.4 Å². The lowest BCUT2D eigenvalue weighted by Gasteiger charge is -2.07. The zero-order chi connectivity index (χ0) is 15.5. The number of aryl methyl sites for hydroxylation is 1. The highest BCUT2D eigenvalue weighted by molar-refractivity contribution is 7.89. The number of hydrogen-bond donors (Lipinski definition) is 3. The van der Waals surface area contributed by atoms with Crippen molar-refractivity contribution in [2.45, 2.75) is 24.7 Å². The number of anilines is 2. The van der Waals surface area contributed by atoms with E-state index in [-0.39, 0.29) is 10.5 Å². The second kappa shape index (κ2) is 6.06. The lowest BCUT2D eigenvalue weighted by Crippen LogP contribution is -2.13. The lowest BCUT2D eigenvalue weighted by atomic mass is 10.2. The van der Waals surface area contributed by atoms with E-state index in [2.05, 4.69) is 15.3 Å². The van der Waals surface area contributed by atoms with Crippen LogP contribution in [0.25, 0.3) is 0 Å². The third-order valence-corrected chi connectivity index (χ3v) is 3.68. The summed E-state index contributed by atoms with van der Waals surface area (Å²) in [6.45, 7) is 2.00. The fourth-order valence-electron chi connectivity index (χ4n) is 1.82.